The van der Waals surface area contributed by atoms with Gasteiger partial charge in [-0.1, -0.05) is 0 Å². The van der Waals surface area contributed by atoms with Gasteiger partial charge in [0.05, 0.1) is 0 Å². The van der Waals surface area contributed by atoms with Gasteiger partial charge in [0.2, 0.25) is 0 Å². The molecule has 0 heterocycles. The van der Waals surface area contributed by atoms with E-state index < -0.39 is 11.8 Å². The lowest BCUT2D eigenvalue weighted by Crippen LogP contribution is -2.34. The van der Waals surface area contributed by atoms with Crippen LogP contribution in [0.4, 0.5) is 0 Å². The maximum Gasteiger partial charge on any atom is 0.377 e. The summed E-state index contributed by atoms with van der Waals surface area (Å²) in [7, 11) is 0. The smallest absolute Gasteiger partial charge is 0.377 e. The minimum absolute atomic E-state index is 0.881. The van der Waals surface area contributed by atoms with Crippen molar-refractivity contribution in [1.82, 2.24) is 0 Å². The highest BCUT2D eigenvalue weighted by Gasteiger charge is 2.27. The van der Waals surface area contributed by atoms with E-state index in [1.54, 1.807) is 0 Å². The number of thiol groups is 1. The zero-order valence-corrected chi connectivity index (χ0v) is 5.05. The van der Waals surface area contributed by atoms with E-state index in [-0.39, 0.29) is 0 Å². The van der Waals surface area contributed by atoms with Gasteiger partial charge < -0.3 is 14.4 Å². The Labute approximate surface area is 51.7 Å². The van der Waals surface area contributed by atoms with E-state index in [0.717, 1.165) is 6.92 Å². The molecule has 2 N–H and O–H groups in total. The monoisotopic (exact) mass is 138 g/mol. The minimum Gasteiger partial charge on any atom is -0.391 e. The van der Waals surface area contributed by atoms with Crippen LogP contribution in [0.2, 0.25) is 0 Å². The molecule has 0 fully saturated rings. The highest BCUT2D eigenvalue weighted by Crippen LogP contribution is 2.00. The summed E-state index contributed by atoms with van der Waals surface area (Å²) in [5.74, 6) is -3.62. The zero-order chi connectivity index (χ0) is 6.78. The van der Waals surface area contributed by atoms with E-state index in [4.69, 9.17) is 10.2 Å². The summed E-state index contributed by atoms with van der Waals surface area (Å²) in [6, 6.07) is 0. The molecule has 0 saturated heterocycles. The molecule has 0 spiro atoms. The van der Waals surface area contributed by atoms with Crippen LogP contribution < -0.4 is 0 Å². The van der Waals surface area contributed by atoms with E-state index in [1.807, 2.05) is 0 Å². The Kier molecular flexibility index (Phi) is 2.26. The normalized spacial score (nSPS) is 11.0. The van der Waals surface area contributed by atoms with Crippen molar-refractivity contribution in [3.8, 4) is 0 Å². The summed E-state index contributed by atoms with van der Waals surface area (Å²) >= 11 is 3.04. The van der Waals surface area contributed by atoms with Crippen molar-refractivity contribution in [2.45, 2.75) is 12.7 Å². The molecular weight excluding hydrogens is 132 g/mol. The molecule has 0 atom stereocenters. The first kappa shape index (κ1) is 7.74. The van der Waals surface area contributed by atoms with Gasteiger partial charge in [-0.05, 0) is 0 Å². The van der Waals surface area contributed by atoms with Crippen molar-refractivity contribution in [2.24, 2.45) is 0 Å². The third-order valence-electron chi connectivity index (χ3n) is 0.470. The molecule has 0 aliphatic rings. The molecule has 4 nitrogen and oxygen atoms in total. The Hall–Kier alpha value is -0.260. The Bertz CT molecular complexity index is 93.9. The zero-order valence-electron chi connectivity index (χ0n) is 4.16. The maximum atomic E-state index is 10.0. The second kappa shape index (κ2) is 2.34. The van der Waals surface area contributed by atoms with Gasteiger partial charge >= 0.3 is 5.97 Å². The average Bonchev–Trinajstić information content (AvgIpc) is 1.62. The van der Waals surface area contributed by atoms with Crippen LogP contribution in [0.1, 0.15) is 6.92 Å². The molecule has 0 rings (SSSR count). The van der Waals surface area contributed by atoms with Crippen molar-refractivity contribution in [3.05, 3.63) is 0 Å². The Morgan fingerprint density at radius 3 is 2.12 bits per heavy atom. The summed E-state index contributed by atoms with van der Waals surface area (Å²) in [5, 5.41) is 16.6. The molecule has 8 heavy (non-hydrogen) atoms. The third-order valence-corrected chi connectivity index (χ3v) is 0.635. The van der Waals surface area contributed by atoms with Crippen molar-refractivity contribution in [3.63, 3.8) is 0 Å². The molecule has 0 aromatic rings. The standard InChI is InChI=1S/C3H6O4S/c1-3(5,6)2(4)7-8/h5-6,8H,1H3. The van der Waals surface area contributed by atoms with Crippen molar-refractivity contribution >= 4 is 18.9 Å². The van der Waals surface area contributed by atoms with E-state index >= 15 is 0 Å². The molecule has 5 heteroatoms. The fourth-order valence-electron chi connectivity index (χ4n) is 0.0865. The number of carbonyl (C=O) groups excluding carboxylic acids is 1. The second-order valence-corrected chi connectivity index (χ2v) is 1.58. The third kappa shape index (κ3) is 2.15. The fraction of sp³-hybridized carbons (Fsp3) is 0.667. The van der Waals surface area contributed by atoms with E-state index in [2.05, 4.69) is 17.1 Å². The van der Waals surface area contributed by atoms with Gasteiger partial charge in [-0.15, -0.1) is 0 Å². The van der Waals surface area contributed by atoms with Crippen LogP contribution >= 0.6 is 12.9 Å². The van der Waals surface area contributed by atoms with Crippen LogP contribution in [0, 0.1) is 0 Å². The Balaban J connectivity index is 3.82. The van der Waals surface area contributed by atoms with Gasteiger partial charge in [0.25, 0.3) is 5.79 Å². The number of hydrogen-bond donors (Lipinski definition) is 3. The number of rotatable bonds is 1. The molecule has 0 unspecified atom stereocenters. The number of aliphatic hydroxyl groups is 2. The molecule has 0 aliphatic carbocycles. The summed E-state index contributed by atoms with van der Waals surface area (Å²) in [6.07, 6.45) is 0. The van der Waals surface area contributed by atoms with Crippen LogP contribution in [0.3, 0.4) is 0 Å². The highest BCUT2D eigenvalue weighted by atomic mass is 32.1. The molecule has 0 aromatic carbocycles. The Morgan fingerprint density at radius 1 is 1.75 bits per heavy atom. The van der Waals surface area contributed by atoms with Crippen molar-refractivity contribution in [1.29, 1.82) is 0 Å². The van der Waals surface area contributed by atoms with Crippen LogP contribution in [0.15, 0.2) is 0 Å². The van der Waals surface area contributed by atoms with E-state index in [1.165, 1.54) is 0 Å². The minimum atomic E-state index is -2.43. The maximum absolute atomic E-state index is 10.0. The second-order valence-electron chi connectivity index (χ2n) is 1.40. The molecule has 0 saturated carbocycles. The average molecular weight is 138 g/mol. The lowest BCUT2D eigenvalue weighted by atomic mass is 10.3. The summed E-state index contributed by atoms with van der Waals surface area (Å²) in [4.78, 5) is 10.0. The molecule has 0 aromatic heterocycles. The first-order valence-electron chi connectivity index (χ1n) is 1.79. The van der Waals surface area contributed by atoms with Crippen LogP contribution in [0.5, 0.6) is 0 Å². The van der Waals surface area contributed by atoms with Crippen LogP contribution in [-0.4, -0.2) is 22.0 Å². The van der Waals surface area contributed by atoms with Gasteiger partial charge in [-0.25, -0.2) is 4.79 Å². The first-order chi connectivity index (χ1) is 3.48. The van der Waals surface area contributed by atoms with Crippen LogP contribution in [0.25, 0.3) is 0 Å². The Morgan fingerprint density at radius 2 is 2.12 bits per heavy atom. The summed E-state index contributed by atoms with van der Waals surface area (Å²) < 4.78 is 3.67. The van der Waals surface area contributed by atoms with Crippen molar-refractivity contribution < 1.29 is 19.2 Å². The topological polar surface area (TPSA) is 66.8 Å². The SMILES string of the molecule is CC(O)(O)C(=O)OS. The molecule has 0 radical (unpaired) electrons. The van der Waals surface area contributed by atoms with E-state index in [9.17, 15) is 4.79 Å². The lowest BCUT2D eigenvalue weighted by Gasteiger charge is -2.09. The fourth-order valence-corrected chi connectivity index (χ4v) is 0.259. The van der Waals surface area contributed by atoms with Gasteiger partial charge in [0.1, 0.15) is 0 Å². The van der Waals surface area contributed by atoms with Gasteiger partial charge in [-0.3, -0.25) is 0 Å². The van der Waals surface area contributed by atoms with Gasteiger partial charge in [0.15, 0.2) is 0 Å². The summed E-state index contributed by atoms with van der Waals surface area (Å²) in [6.45, 7) is 0.881. The van der Waals surface area contributed by atoms with Crippen molar-refractivity contribution in [2.75, 3.05) is 0 Å². The highest BCUT2D eigenvalue weighted by molar-refractivity contribution is 7.75. The predicted octanol–water partition coefficient (Wildman–Crippen LogP) is -0.925. The molecule has 48 valence electrons. The molecule has 0 amide bonds. The quantitative estimate of drug-likeness (QED) is 0.249. The summed E-state index contributed by atoms with van der Waals surface area (Å²) in [5.41, 5.74) is 0. The molecular formula is C3H6O4S. The van der Waals surface area contributed by atoms with Gasteiger partial charge in [-0.2, -0.15) is 0 Å². The lowest BCUT2D eigenvalue weighted by molar-refractivity contribution is -0.191. The van der Waals surface area contributed by atoms with E-state index in [0.29, 0.717) is 0 Å². The molecule has 0 aliphatic heterocycles. The van der Waals surface area contributed by atoms with Gasteiger partial charge in [0, 0.05) is 19.8 Å². The largest absolute Gasteiger partial charge is 0.391 e. The molecule has 0 bridgehead atoms. The first-order valence-corrected chi connectivity index (χ1v) is 2.15. The predicted molar refractivity (Wildman–Crippen MR) is 27.9 cm³/mol. The number of carbonyl (C=O) groups is 1. The number of hydrogen-bond acceptors (Lipinski definition) is 5. The van der Waals surface area contributed by atoms with Crippen LogP contribution in [-0.2, 0) is 8.98 Å².